The number of carbonyl (C=O) groups is 2. The quantitative estimate of drug-likeness (QED) is 0.570. The lowest BCUT2D eigenvalue weighted by Gasteiger charge is -2.09. The van der Waals surface area contributed by atoms with Gasteiger partial charge in [-0.1, -0.05) is 48.4 Å². The summed E-state index contributed by atoms with van der Waals surface area (Å²) in [5, 5.41) is 12.1. The summed E-state index contributed by atoms with van der Waals surface area (Å²) in [5.41, 5.74) is 2.94. The smallest absolute Gasteiger partial charge is 0.412 e. The molecule has 0 bridgehead atoms. The molecule has 1 aliphatic carbocycles. The van der Waals surface area contributed by atoms with Gasteiger partial charge in [0.05, 0.1) is 16.8 Å². The third kappa shape index (κ3) is 4.60. The second-order valence-corrected chi connectivity index (χ2v) is 8.15. The molecule has 156 valence electrons. The molecule has 6 nitrogen and oxygen atoms in total. The molecule has 1 fully saturated rings. The highest BCUT2D eigenvalue weighted by Gasteiger charge is 2.51. The Kier molecular flexibility index (Phi) is 5.74. The van der Waals surface area contributed by atoms with E-state index in [0.717, 1.165) is 16.7 Å². The van der Waals surface area contributed by atoms with Crippen molar-refractivity contribution in [2.24, 2.45) is 0 Å². The van der Waals surface area contributed by atoms with Crippen LogP contribution in [0.2, 0.25) is 0 Å². The van der Waals surface area contributed by atoms with Gasteiger partial charge in [0.15, 0.2) is 0 Å². The van der Waals surface area contributed by atoms with Gasteiger partial charge in [0.2, 0.25) is 0 Å². The minimum absolute atomic E-state index is 0.175. The summed E-state index contributed by atoms with van der Waals surface area (Å²) >= 11 is 1.20. The van der Waals surface area contributed by atoms with Crippen molar-refractivity contribution >= 4 is 29.3 Å². The van der Waals surface area contributed by atoms with Gasteiger partial charge in [-0.2, -0.15) is 4.37 Å². The average molecular weight is 433 g/mol. The third-order valence-electron chi connectivity index (χ3n) is 5.22. The molecule has 3 aromatic rings. The van der Waals surface area contributed by atoms with E-state index in [1.807, 2.05) is 54.6 Å². The number of hydrogen-bond acceptors (Lipinski definition) is 5. The molecule has 2 aromatic carbocycles. The zero-order chi connectivity index (χ0) is 21.8. The molecule has 0 unspecified atom stereocenters. The van der Waals surface area contributed by atoms with E-state index in [4.69, 9.17) is 4.74 Å². The van der Waals surface area contributed by atoms with E-state index in [-0.39, 0.29) is 6.61 Å². The van der Waals surface area contributed by atoms with Crippen molar-refractivity contribution < 1.29 is 19.4 Å². The van der Waals surface area contributed by atoms with Gasteiger partial charge in [-0.15, -0.1) is 0 Å². The summed E-state index contributed by atoms with van der Waals surface area (Å²) in [6, 6.07) is 16.7. The fourth-order valence-corrected chi connectivity index (χ4v) is 3.92. The Labute approximate surface area is 184 Å². The molecule has 0 radical (unpaired) electrons. The number of aromatic nitrogens is 1. The molecule has 0 saturated heterocycles. The Hall–Kier alpha value is -3.63. The molecule has 1 aliphatic rings. The first kappa shape index (κ1) is 20.6. The summed E-state index contributed by atoms with van der Waals surface area (Å²) in [7, 11) is 0. The van der Waals surface area contributed by atoms with Crippen LogP contribution in [0.15, 0.2) is 54.6 Å². The molecule has 4 rings (SSSR count). The van der Waals surface area contributed by atoms with Crippen LogP contribution < -0.4 is 5.32 Å². The topological polar surface area (TPSA) is 88.5 Å². The SMILES string of the molecule is Cc1nsc(C#Cc2ccc(C3(C(=O)O)CC3)cc2)c1NC(=O)OCc1ccccc1. The van der Waals surface area contributed by atoms with Crippen molar-refractivity contribution in [3.63, 3.8) is 0 Å². The molecular formula is C24H20N2O4S. The number of amides is 1. The molecule has 1 heterocycles. The number of hydrogen-bond donors (Lipinski definition) is 2. The van der Waals surface area contributed by atoms with E-state index >= 15 is 0 Å². The van der Waals surface area contributed by atoms with Crippen LogP contribution >= 0.6 is 11.5 Å². The van der Waals surface area contributed by atoms with Crippen molar-refractivity contribution in [2.75, 3.05) is 5.32 Å². The lowest BCUT2D eigenvalue weighted by molar-refractivity contribution is -0.140. The first-order chi connectivity index (χ1) is 15.0. The van der Waals surface area contributed by atoms with Crippen LogP contribution in [0.4, 0.5) is 10.5 Å². The number of carboxylic acid groups (broad SMARTS) is 1. The number of nitrogens with zero attached hydrogens (tertiary/aromatic N) is 1. The van der Waals surface area contributed by atoms with E-state index in [2.05, 4.69) is 21.5 Å². The van der Waals surface area contributed by atoms with Gasteiger partial charge >= 0.3 is 12.1 Å². The summed E-state index contributed by atoms with van der Waals surface area (Å²) in [6.07, 6.45) is 0.772. The van der Waals surface area contributed by atoms with Crippen LogP contribution in [0.25, 0.3) is 0 Å². The normalized spacial score (nSPS) is 13.6. The Morgan fingerprint density at radius 1 is 1.13 bits per heavy atom. The van der Waals surface area contributed by atoms with Gasteiger partial charge in [0.25, 0.3) is 0 Å². The first-order valence-corrected chi connectivity index (χ1v) is 10.6. The highest BCUT2D eigenvalue weighted by atomic mass is 32.1. The maximum absolute atomic E-state index is 12.2. The van der Waals surface area contributed by atoms with Gasteiger partial charge in [0, 0.05) is 5.56 Å². The second kappa shape index (κ2) is 8.62. The molecule has 0 atom stereocenters. The maximum Gasteiger partial charge on any atom is 0.412 e. The number of nitrogens with one attached hydrogen (secondary N) is 1. The Morgan fingerprint density at radius 2 is 1.84 bits per heavy atom. The molecule has 2 N–H and O–H groups in total. The van der Waals surface area contributed by atoms with Crippen molar-refractivity contribution in [1.82, 2.24) is 4.37 Å². The van der Waals surface area contributed by atoms with Crippen LogP contribution in [-0.2, 0) is 21.6 Å². The zero-order valence-electron chi connectivity index (χ0n) is 16.8. The zero-order valence-corrected chi connectivity index (χ0v) is 17.7. The summed E-state index contributed by atoms with van der Waals surface area (Å²) in [5.74, 6) is 5.32. The van der Waals surface area contributed by atoms with Gasteiger partial charge in [0.1, 0.15) is 11.5 Å². The molecular weight excluding hydrogens is 412 g/mol. The number of aryl methyl sites for hydroxylation is 1. The minimum atomic E-state index is -0.777. The standard InChI is InChI=1S/C24H20N2O4S/c1-16-21(25-23(29)30-15-18-5-3-2-4-6-18)20(31-26-16)12-9-17-7-10-19(11-8-17)24(13-14-24)22(27)28/h2-8,10-11H,13-15H2,1H3,(H,25,29)(H,27,28). The summed E-state index contributed by atoms with van der Waals surface area (Å²) in [6.45, 7) is 1.97. The third-order valence-corrected chi connectivity index (χ3v) is 6.07. The second-order valence-electron chi connectivity index (χ2n) is 7.37. The van der Waals surface area contributed by atoms with Crippen LogP contribution in [0.5, 0.6) is 0 Å². The van der Waals surface area contributed by atoms with Crippen molar-refractivity contribution in [3.8, 4) is 11.8 Å². The number of rotatable bonds is 5. The Morgan fingerprint density at radius 3 is 2.48 bits per heavy atom. The van der Waals surface area contributed by atoms with Gasteiger partial charge in [-0.05, 0) is 60.5 Å². The van der Waals surface area contributed by atoms with E-state index in [1.54, 1.807) is 6.92 Å². The molecule has 0 spiro atoms. The van der Waals surface area contributed by atoms with Gasteiger partial charge in [-0.3, -0.25) is 10.1 Å². The Balaban J connectivity index is 1.43. The maximum atomic E-state index is 12.2. The van der Waals surface area contributed by atoms with Crippen LogP contribution in [0.1, 0.15) is 40.1 Å². The predicted octanol–water partition coefficient (Wildman–Crippen LogP) is 4.72. The fourth-order valence-electron chi connectivity index (χ4n) is 3.22. The van der Waals surface area contributed by atoms with E-state index in [9.17, 15) is 14.7 Å². The molecule has 1 saturated carbocycles. The first-order valence-electron chi connectivity index (χ1n) is 9.78. The largest absolute Gasteiger partial charge is 0.481 e. The van der Waals surface area contributed by atoms with E-state index in [1.165, 1.54) is 11.5 Å². The monoisotopic (exact) mass is 432 g/mol. The number of benzene rings is 2. The van der Waals surface area contributed by atoms with Gasteiger partial charge < -0.3 is 9.84 Å². The number of carbonyl (C=O) groups excluding carboxylic acids is 1. The molecule has 1 aromatic heterocycles. The number of aliphatic carboxylic acids is 1. The van der Waals surface area contributed by atoms with E-state index in [0.29, 0.717) is 29.1 Å². The lowest BCUT2D eigenvalue weighted by atomic mass is 9.95. The number of ether oxygens (including phenoxy) is 1. The van der Waals surface area contributed by atoms with Crippen molar-refractivity contribution in [3.05, 3.63) is 81.9 Å². The van der Waals surface area contributed by atoms with Gasteiger partial charge in [-0.25, -0.2) is 4.79 Å². The van der Waals surface area contributed by atoms with E-state index < -0.39 is 17.5 Å². The predicted molar refractivity (Wildman–Crippen MR) is 118 cm³/mol. The minimum Gasteiger partial charge on any atom is -0.481 e. The summed E-state index contributed by atoms with van der Waals surface area (Å²) < 4.78 is 9.55. The summed E-state index contributed by atoms with van der Waals surface area (Å²) in [4.78, 5) is 24.3. The number of anilines is 1. The van der Waals surface area contributed by atoms with Crippen LogP contribution in [-0.4, -0.2) is 21.5 Å². The number of carboxylic acids is 1. The van der Waals surface area contributed by atoms with Crippen LogP contribution in [0, 0.1) is 18.8 Å². The Bertz CT molecular complexity index is 1170. The lowest BCUT2D eigenvalue weighted by Crippen LogP contribution is -2.19. The van der Waals surface area contributed by atoms with Crippen LogP contribution in [0.3, 0.4) is 0 Å². The molecule has 31 heavy (non-hydrogen) atoms. The molecule has 7 heteroatoms. The fraction of sp³-hybridized carbons (Fsp3) is 0.208. The highest BCUT2D eigenvalue weighted by Crippen LogP contribution is 2.48. The van der Waals surface area contributed by atoms with Crippen molar-refractivity contribution in [2.45, 2.75) is 31.8 Å². The molecule has 0 aliphatic heterocycles. The molecule has 1 amide bonds. The highest BCUT2D eigenvalue weighted by molar-refractivity contribution is 7.07. The average Bonchev–Trinajstić information content (AvgIpc) is 3.53. The van der Waals surface area contributed by atoms with Crippen molar-refractivity contribution in [1.29, 1.82) is 0 Å².